The van der Waals surface area contributed by atoms with Gasteiger partial charge < -0.3 is 15.2 Å². The van der Waals surface area contributed by atoms with Crippen LogP contribution in [-0.4, -0.2) is 50.0 Å². The van der Waals surface area contributed by atoms with Gasteiger partial charge in [0.1, 0.15) is 12.2 Å². The molecule has 10 heteroatoms. The third-order valence-electron chi connectivity index (χ3n) is 4.64. The van der Waals surface area contributed by atoms with Crippen molar-refractivity contribution in [2.24, 2.45) is 4.99 Å². The molecule has 3 heterocycles. The summed E-state index contributed by atoms with van der Waals surface area (Å²) in [4.78, 5) is 13.3. The molecule has 1 aromatic carbocycles. The van der Waals surface area contributed by atoms with Crippen molar-refractivity contribution in [3.05, 3.63) is 47.3 Å². The number of nitrogens with one attached hydrogen (secondary N) is 2. The molecular weight excluding hydrogens is 392 g/mol. The molecule has 0 aliphatic carbocycles. The van der Waals surface area contributed by atoms with Crippen molar-refractivity contribution in [2.75, 3.05) is 13.1 Å². The zero-order valence-corrected chi connectivity index (χ0v) is 16.9. The fourth-order valence-corrected chi connectivity index (χ4v) is 3.42. The second-order valence-corrected chi connectivity index (χ2v) is 7.21. The summed E-state index contributed by atoms with van der Waals surface area (Å²) in [6.45, 7) is 4.15. The number of rotatable bonds is 6. The first-order valence-corrected chi connectivity index (χ1v) is 10.1. The highest BCUT2D eigenvalue weighted by Gasteiger charge is 2.20. The molecule has 29 heavy (non-hydrogen) atoms. The lowest BCUT2D eigenvalue weighted by Gasteiger charge is -2.25. The topological polar surface area (TPSA) is 106 Å². The highest BCUT2D eigenvalue weighted by molar-refractivity contribution is 6.30. The van der Waals surface area contributed by atoms with Crippen LogP contribution in [0.2, 0.25) is 5.02 Å². The van der Waals surface area contributed by atoms with Crippen LogP contribution in [-0.2, 0) is 19.4 Å². The van der Waals surface area contributed by atoms with Gasteiger partial charge in [-0.25, -0.2) is 9.67 Å². The lowest BCUT2D eigenvalue weighted by molar-refractivity contribution is 0.379. The highest BCUT2D eigenvalue weighted by Crippen LogP contribution is 2.20. The maximum absolute atomic E-state index is 6.02. The van der Waals surface area contributed by atoms with Crippen LogP contribution in [0, 0.1) is 0 Å². The van der Waals surface area contributed by atoms with Crippen LogP contribution in [0.15, 0.2) is 40.1 Å². The Bertz CT molecular complexity index is 982. The zero-order chi connectivity index (χ0) is 20.1. The van der Waals surface area contributed by atoms with Crippen molar-refractivity contribution >= 4 is 17.6 Å². The summed E-state index contributed by atoms with van der Waals surface area (Å²) in [5.74, 6) is 2.89. The second kappa shape index (κ2) is 9.04. The van der Waals surface area contributed by atoms with Crippen molar-refractivity contribution in [3.8, 4) is 11.4 Å². The highest BCUT2D eigenvalue weighted by atomic mass is 35.5. The third-order valence-corrected chi connectivity index (χ3v) is 4.87. The largest absolute Gasteiger partial charge is 0.357 e. The predicted molar refractivity (Wildman–Crippen MR) is 110 cm³/mol. The van der Waals surface area contributed by atoms with Crippen molar-refractivity contribution in [1.82, 2.24) is 35.5 Å². The average Bonchev–Trinajstić information content (AvgIpc) is 3.37. The minimum atomic E-state index is 0.264. The molecule has 2 aromatic heterocycles. The van der Waals surface area contributed by atoms with Crippen LogP contribution < -0.4 is 10.6 Å². The summed E-state index contributed by atoms with van der Waals surface area (Å²) in [7, 11) is 0. The standard InChI is InChI=1S/C19H23ClN8O/c1-2-21-19(25-15-6-7-16-23-12-24-28(16)11-15)22-9-8-17-26-18(27-29-17)13-4-3-5-14(20)10-13/h3-5,10,12,15H,2,6-9,11H2,1H3,(H2,21,22,25). The predicted octanol–water partition coefficient (Wildman–Crippen LogP) is 2.09. The molecule has 1 aliphatic heterocycles. The molecule has 1 atom stereocenters. The van der Waals surface area contributed by atoms with Gasteiger partial charge in [0.25, 0.3) is 0 Å². The molecule has 9 nitrogen and oxygen atoms in total. The molecular formula is C19H23ClN8O. The Morgan fingerprint density at radius 1 is 1.41 bits per heavy atom. The van der Waals surface area contributed by atoms with Crippen LogP contribution in [0.5, 0.6) is 0 Å². The molecule has 0 radical (unpaired) electrons. The minimum Gasteiger partial charge on any atom is -0.357 e. The Morgan fingerprint density at radius 3 is 3.21 bits per heavy atom. The summed E-state index contributed by atoms with van der Waals surface area (Å²) in [5, 5.41) is 15.7. The number of fused-ring (bicyclic) bond motifs is 1. The number of aryl methyl sites for hydroxylation is 1. The van der Waals surface area contributed by atoms with Crippen LogP contribution >= 0.6 is 11.6 Å². The summed E-state index contributed by atoms with van der Waals surface area (Å²) in [6, 6.07) is 7.65. The first-order valence-electron chi connectivity index (χ1n) is 9.71. The van der Waals surface area contributed by atoms with E-state index in [1.54, 1.807) is 6.33 Å². The van der Waals surface area contributed by atoms with Gasteiger partial charge in [-0.1, -0.05) is 28.9 Å². The molecule has 4 rings (SSSR count). The molecule has 0 saturated heterocycles. The molecule has 0 amide bonds. The van der Waals surface area contributed by atoms with E-state index in [1.165, 1.54) is 0 Å². The van der Waals surface area contributed by atoms with Crippen LogP contribution in [0.4, 0.5) is 0 Å². The Balaban J connectivity index is 1.34. The van der Waals surface area contributed by atoms with Gasteiger partial charge in [-0.05, 0) is 25.5 Å². The fraction of sp³-hybridized carbons (Fsp3) is 0.421. The van der Waals surface area contributed by atoms with Crippen molar-refractivity contribution < 1.29 is 4.52 Å². The Kier molecular flexibility index (Phi) is 6.04. The van der Waals surface area contributed by atoms with Gasteiger partial charge in [0, 0.05) is 36.0 Å². The maximum Gasteiger partial charge on any atom is 0.228 e. The minimum absolute atomic E-state index is 0.264. The molecule has 0 spiro atoms. The zero-order valence-electron chi connectivity index (χ0n) is 16.2. The fourth-order valence-electron chi connectivity index (χ4n) is 3.23. The van der Waals surface area contributed by atoms with E-state index in [-0.39, 0.29) is 6.04 Å². The van der Waals surface area contributed by atoms with E-state index in [0.717, 1.165) is 43.3 Å². The summed E-state index contributed by atoms with van der Waals surface area (Å²) >= 11 is 6.02. The van der Waals surface area contributed by atoms with E-state index >= 15 is 0 Å². The monoisotopic (exact) mass is 414 g/mol. The smallest absolute Gasteiger partial charge is 0.228 e. The number of benzene rings is 1. The number of aromatic nitrogens is 5. The van der Waals surface area contributed by atoms with E-state index < -0.39 is 0 Å². The van der Waals surface area contributed by atoms with Gasteiger partial charge in [0.15, 0.2) is 5.96 Å². The molecule has 1 unspecified atom stereocenters. The molecule has 152 valence electrons. The van der Waals surface area contributed by atoms with E-state index in [0.29, 0.717) is 29.7 Å². The van der Waals surface area contributed by atoms with Crippen molar-refractivity contribution in [1.29, 1.82) is 0 Å². The summed E-state index contributed by atoms with van der Waals surface area (Å²) in [6.07, 6.45) is 4.07. The lowest BCUT2D eigenvalue weighted by atomic mass is 10.1. The SMILES string of the molecule is CCNC(=NCCc1nc(-c2cccc(Cl)c2)no1)NC1CCc2ncnn2C1. The van der Waals surface area contributed by atoms with Crippen LogP contribution in [0.25, 0.3) is 11.4 Å². The average molecular weight is 415 g/mol. The quantitative estimate of drug-likeness (QED) is 0.470. The van der Waals surface area contributed by atoms with Crippen molar-refractivity contribution in [3.63, 3.8) is 0 Å². The maximum atomic E-state index is 6.02. The summed E-state index contributed by atoms with van der Waals surface area (Å²) in [5.41, 5.74) is 0.829. The molecule has 0 bridgehead atoms. The van der Waals surface area contributed by atoms with Crippen molar-refractivity contribution in [2.45, 2.75) is 38.8 Å². The number of nitrogens with zero attached hydrogens (tertiary/aromatic N) is 6. The van der Waals surface area contributed by atoms with E-state index in [4.69, 9.17) is 16.1 Å². The normalized spacial score (nSPS) is 16.5. The number of guanidine groups is 1. The molecule has 0 fully saturated rings. The lowest BCUT2D eigenvalue weighted by Crippen LogP contribution is -2.47. The van der Waals surface area contributed by atoms with Gasteiger partial charge in [-0.15, -0.1) is 0 Å². The molecule has 0 saturated carbocycles. The Hall–Kier alpha value is -2.94. The molecule has 1 aliphatic rings. The number of hydrogen-bond donors (Lipinski definition) is 2. The van der Waals surface area contributed by atoms with Crippen LogP contribution in [0.3, 0.4) is 0 Å². The molecule has 3 aromatic rings. The summed E-state index contributed by atoms with van der Waals surface area (Å²) < 4.78 is 7.29. The first kappa shape index (κ1) is 19.4. The van der Waals surface area contributed by atoms with E-state index in [9.17, 15) is 0 Å². The number of halogens is 1. The first-order chi connectivity index (χ1) is 14.2. The molecule has 2 N–H and O–H groups in total. The van der Waals surface area contributed by atoms with Gasteiger partial charge in [-0.3, -0.25) is 4.99 Å². The van der Waals surface area contributed by atoms with E-state index in [2.05, 4.69) is 35.8 Å². The Morgan fingerprint density at radius 2 is 2.34 bits per heavy atom. The Labute approximate surface area is 173 Å². The number of hydrogen-bond acceptors (Lipinski definition) is 6. The third kappa shape index (κ3) is 4.92. The second-order valence-electron chi connectivity index (χ2n) is 6.77. The number of aliphatic imine (C=N–C) groups is 1. The van der Waals surface area contributed by atoms with Crippen LogP contribution in [0.1, 0.15) is 25.1 Å². The van der Waals surface area contributed by atoms with E-state index in [1.807, 2.05) is 35.9 Å². The van der Waals surface area contributed by atoms with Gasteiger partial charge >= 0.3 is 0 Å². The van der Waals surface area contributed by atoms with Gasteiger partial charge in [0.2, 0.25) is 11.7 Å². The van der Waals surface area contributed by atoms with Gasteiger partial charge in [0.05, 0.1) is 13.1 Å². The van der Waals surface area contributed by atoms with Gasteiger partial charge in [-0.2, -0.15) is 10.1 Å².